The lowest BCUT2D eigenvalue weighted by molar-refractivity contribution is -0.148. The summed E-state index contributed by atoms with van der Waals surface area (Å²) in [6, 6.07) is 10.5. The molecule has 30 heavy (non-hydrogen) atoms. The van der Waals surface area contributed by atoms with Crippen LogP contribution in [0.1, 0.15) is 31.4 Å². The zero-order chi connectivity index (χ0) is 21.7. The van der Waals surface area contributed by atoms with Crippen LogP contribution in [0, 0.1) is 0 Å². The second-order valence-corrected chi connectivity index (χ2v) is 7.13. The Morgan fingerprint density at radius 1 is 1.17 bits per heavy atom. The number of fused-ring (bicyclic) bond motifs is 1. The first-order valence-electron chi connectivity index (χ1n) is 9.49. The number of hydrogen-bond acceptors (Lipinski definition) is 6. The Labute approximate surface area is 179 Å². The molecule has 0 aliphatic heterocycles. The number of aromatic nitrogens is 2. The SMILES string of the molecule is COc1cc2ncn(CCCC(=O)O[C@@H](C)c3ccccc3Cl)c(=O)c2cc1OC. The van der Waals surface area contributed by atoms with Crippen molar-refractivity contribution in [2.24, 2.45) is 0 Å². The van der Waals surface area contributed by atoms with Crippen molar-refractivity contribution in [3.8, 4) is 11.5 Å². The Morgan fingerprint density at radius 3 is 2.57 bits per heavy atom. The zero-order valence-electron chi connectivity index (χ0n) is 17.1. The van der Waals surface area contributed by atoms with Crippen LogP contribution in [0.2, 0.25) is 5.02 Å². The van der Waals surface area contributed by atoms with Gasteiger partial charge in [0.15, 0.2) is 11.5 Å². The molecule has 0 spiro atoms. The third-order valence-corrected chi connectivity index (χ3v) is 5.10. The minimum absolute atomic E-state index is 0.172. The van der Waals surface area contributed by atoms with Crippen LogP contribution in [0.4, 0.5) is 0 Å². The third kappa shape index (κ3) is 4.74. The number of benzene rings is 2. The van der Waals surface area contributed by atoms with E-state index in [9.17, 15) is 9.59 Å². The van der Waals surface area contributed by atoms with Crippen LogP contribution in [-0.4, -0.2) is 29.7 Å². The largest absolute Gasteiger partial charge is 0.493 e. The highest BCUT2D eigenvalue weighted by atomic mass is 35.5. The molecule has 0 bridgehead atoms. The van der Waals surface area contributed by atoms with Gasteiger partial charge in [0, 0.05) is 29.6 Å². The number of carbonyl (C=O) groups excluding carboxylic acids is 1. The van der Waals surface area contributed by atoms with Crippen LogP contribution in [-0.2, 0) is 16.1 Å². The molecule has 0 amide bonds. The van der Waals surface area contributed by atoms with Gasteiger partial charge < -0.3 is 14.2 Å². The molecule has 3 aromatic rings. The van der Waals surface area contributed by atoms with Crippen molar-refractivity contribution in [3.05, 3.63) is 63.7 Å². The van der Waals surface area contributed by atoms with Crippen molar-refractivity contribution < 1.29 is 19.0 Å². The molecule has 8 heteroatoms. The molecule has 1 aromatic heterocycles. The first-order chi connectivity index (χ1) is 14.4. The van der Waals surface area contributed by atoms with Crippen molar-refractivity contribution >= 4 is 28.5 Å². The average Bonchev–Trinajstić information content (AvgIpc) is 2.74. The Balaban J connectivity index is 1.64. The van der Waals surface area contributed by atoms with Gasteiger partial charge in [-0.3, -0.25) is 14.2 Å². The summed E-state index contributed by atoms with van der Waals surface area (Å²) < 4.78 is 17.4. The summed E-state index contributed by atoms with van der Waals surface area (Å²) in [6.45, 7) is 2.12. The molecular weight excluding hydrogens is 408 g/mol. The molecule has 7 nitrogen and oxygen atoms in total. The van der Waals surface area contributed by atoms with E-state index in [-0.39, 0.29) is 17.9 Å². The second-order valence-electron chi connectivity index (χ2n) is 6.72. The van der Waals surface area contributed by atoms with E-state index in [2.05, 4.69) is 4.98 Å². The van der Waals surface area contributed by atoms with Crippen molar-refractivity contribution in [3.63, 3.8) is 0 Å². The number of hydrogen-bond donors (Lipinski definition) is 0. The van der Waals surface area contributed by atoms with Crippen LogP contribution < -0.4 is 15.0 Å². The number of carbonyl (C=O) groups is 1. The molecule has 0 aliphatic carbocycles. The molecule has 1 atom stereocenters. The highest BCUT2D eigenvalue weighted by molar-refractivity contribution is 6.31. The molecule has 2 aromatic carbocycles. The fourth-order valence-electron chi connectivity index (χ4n) is 3.16. The quantitative estimate of drug-likeness (QED) is 0.499. The summed E-state index contributed by atoms with van der Waals surface area (Å²) in [5.41, 5.74) is 1.06. The van der Waals surface area contributed by atoms with E-state index in [1.54, 1.807) is 25.1 Å². The van der Waals surface area contributed by atoms with E-state index in [0.29, 0.717) is 40.4 Å². The molecule has 3 rings (SSSR count). The smallest absolute Gasteiger partial charge is 0.306 e. The first kappa shape index (κ1) is 21.6. The molecule has 0 radical (unpaired) electrons. The van der Waals surface area contributed by atoms with E-state index in [1.165, 1.54) is 25.1 Å². The van der Waals surface area contributed by atoms with Crippen LogP contribution in [0.5, 0.6) is 11.5 Å². The predicted octanol–water partition coefficient (Wildman–Crippen LogP) is 4.15. The minimum Gasteiger partial charge on any atom is -0.493 e. The van der Waals surface area contributed by atoms with Gasteiger partial charge >= 0.3 is 5.97 Å². The number of methoxy groups -OCH3 is 2. The molecule has 158 valence electrons. The summed E-state index contributed by atoms with van der Waals surface area (Å²) in [5, 5.41) is 0.976. The maximum atomic E-state index is 12.8. The van der Waals surface area contributed by atoms with Crippen molar-refractivity contribution in [1.82, 2.24) is 9.55 Å². The lowest BCUT2D eigenvalue weighted by Gasteiger charge is -2.15. The Kier molecular flexibility index (Phi) is 6.95. The van der Waals surface area contributed by atoms with Gasteiger partial charge in [-0.2, -0.15) is 0 Å². The number of ether oxygens (including phenoxy) is 3. The average molecular weight is 431 g/mol. The molecule has 1 heterocycles. The monoisotopic (exact) mass is 430 g/mol. The molecule has 0 saturated carbocycles. The van der Waals surface area contributed by atoms with Crippen LogP contribution >= 0.6 is 11.6 Å². The first-order valence-corrected chi connectivity index (χ1v) is 9.87. The Hall–Kier alpha value is -3.06. The molecular formula is C22H23ClN2O5. The van der Waals surface area contributed by atoms with Crippen LogP contribution in [0.15, 0.2) is 47.5 Å². The summed E-state index contributed by atoms with van der Waals surface area (Å²) in [4.78, 5) is 29.3. The maximum absolute atomic E-state index is 12.8. The van der Waals surface area contributed by atoms with E-state index in [1.807, 2.05) is 18.2 Å². The fraction of sp³-hybridized carbons (Fsp3) is 0.318. The van der Waals surface area contributed by atoms with Gasteiger partial charge in [-0.1, -0.05) is 29.8 Å². The van der Waals surface area contributed by atoms with Gasteiger partial charge in [0.05, 0.1) is 31.4 Å². The maximum Gasteiger partial charge on any atom is 0.306 e. The highest BCUT2D eigenvalue weighted by Gasteiger charge is 2.15. The van der Waals surface area contributed by atoms with Gasteiger partial charge in [-0.15, -0.1) is 0 Å². The van der Waals surface area contributed by atoms with Crippen LogP contribution in [0.25, 0.3) is 10.9 Å². The topological polar surface area (TPSA) is 79.7 Å². The highest BCUT2D eigenvalue weighted by Crippen LogP contribution is 2.30. The summed E-state index contributed by atoms with van der Waals surface area (Å²) in [5.74, 6) is 0.611. The number of rotatable bonds is 8. The molecule has 0 saturated heterocycles. The van der Waals surface area contributed by atoms with E-state index >= 15 is 0 Å². The number of nitrogens with zero attached hydrogens (tertiary/aromatic N) is 2. The molecule has 0 fully saturated rings. The van der Waals surface area contributed by atoms with Gasteiger partial charge in [0.1, 0.15) is 6.10 Å². The van der Waals surface area contributed by atoms with E-state index in [4.69, 9.17) is 25.8 Å². The lowest BCUT2D eigenvalue weighted by atomic mass is 10.1. The number of aryl methyl sites for hydroxylation is 1. The Bertz CT molecular complexity index is 1110. The standard InChI is InChI=1S/C22H23ClN2O5/c1-14(15-7-4-5-8-17(15)23)30-21(26)9-6-10-25-13-24-18-12-20(29-3)19(28-2)11-16(18)22(25)27/h4-5,7-8,11-14H,6,9-10H2,1-3H3/t14-/m0/s1. The van der Waals surface area contributed by atoms with E-state index in [0.717, 1.165) is 5.56 Å². The second kappa shape index (κ2) is 9.63. The van der Waals surface area contributed by atoms with Crippen LogP contribution in [0.3, 0.4) is 0 Å². The number of esters is 1. The molecule has 0 aliphatic rings. The third-order valence-electron chi connectivity index (χ3n) is 4.76. The summed E-state index contributed by atoms with van der Waals surface area (Å²) >= 11 is 6.14. The van der Waals surface area contributed by atoms with Gasteiger partial charge in [-0.25, -0.2) is 4.98 Å². The molecule has 0 N–H and O–H groups in total. The van der Waals surface area contributed by atoms with Gasteiger partial charge in [0.25, 0.3) is 5.56 Å². The van der Waals surface area contributed by atoms with Crippen molar-refractivity contribution in [1.29, 1.82) is 0 Å². The minimum atomic E-state index is -0.446. The Morgan fingerprint density at radius 2 is 1.87 bits per heavy atom. The number of halogens is 1. The lowest BCUT2D eigenvalue weighted by Crippen LogP contribution is -2.21. The summed E-state index contributed by atoms with van der Waals surface area (Å²) in [7, 11) is 3.03. The van der Waals surface area contributed by atoms with Gasteiger partial charge in [-0.05, 0) is 25.5 Å². The summed E-state index contributed by atoms with van der Waals surface area (Å²) in [6.07, 6.45) is 1.63. The fourth-order valence-corrected chi connectivity index (χ4v) is 3.45. The zero-order valence-corrected chi connectivity index (χ0v) is 17.8. The van der Waals surface area contributed by atoms with Crippen molar-refractivity contribution in [2.75, 3.05) is 14.2 Å². The van der Waals surface area contributed by atoms with E-state index < -0.39 is 6.10 Å². The molecule has 0 unspecified atom stereocenters. The predicted molar refractivity (Wildman–Crippen MR) is 114 cm³/mol. The normalized spacial score (nSPS) is 11.9. The van der Waals surface area contributed by atoms with Gasteiger partial charge in [0.2, 0.25) is 0 Å². The van der Waals surface area contributed by atoms with Crippen molar-refractivity contribution in [2.45, 2.75) is 32.4 Å².